The van der Waals surface area contributed by atoms with Gasteiger partial charge in [-0.2, -0.15) is 0 Å². The Labute approximate surface area is 164 Å². The molecular weight excluding hydrogens is 352 g/mol. The van der Waals surface area contributed by atoms with E-state index in [2.05, 4.69) is 10.6 Å². The fourth-order valence-electron chi connectivity index (χ4n) is 3.16. The van der Waals surface area contributed by atoms with E-state index in [1.165, 1.54) is 0 Å². The van der Waals surface area contributed by atoms with Gasteiger partial charge in [0.1, 0.15) is 18.8 Å². The van der Waals surface area contributed by atoms with Crippen LogP contribution in [0.15, 0.2) is 84.9 Å². The summed E-state index contributed by atoms with van der Waals surface area (Å²) in [6, 6.07) is 26.2. The SMILES string of the molecule is O=C(Nc1ccccc1)[C@H](NC[C@@H]1COc2ccccc2O1)c1ccccc1. The average molecular weight is 374 g/mol. The van der Waals surface area contributed by atoms with Crippen molar-refractivity contribution in [1.29, 1.82) is 0 Å². The molecule has 1 aliphatic heterocycles. The number of hydrogen-bond donors (Lipinski definition) is 2. The zero-order chi connectivity index (χ0) is 19.2. The first-order valence-corrected chi connectivity index (χ1v) is 9.32. The predicted octanol–water partition coefficient (Wildman–Crippen LogP) is 3.80. The van der Waals surface area contributed by atoms with Crippen LogP contribution in [0.5, 0.6) is 11.5 Å². The topological polar surface area (TPSA) is 59.6 Å². The molecule has 1 amide bonds. The molecular formula is C23H22N2O3. The summed E-state index contributed by atoms with van der Waals surface area (Å²) in [5.74, 6) is 1.36. The zero-order valence-electron chi connectivity index (χ0n) is 15.4. The lowest BCUT2D eigenvalue weighted by molar-refractivity contribution is -0.118. The maximum absolute atomic E-state index is 12.9. The van der Waals surface area contributed by atoms with Gasteiger partial charge in [0.2, 0.25) is 5.91 Å². The van der Waals surface area contributed by atoms with E-state index < -0.39 is 6.04 Å². The van der Waals surface area contributed by atoms with Crippen molar-refractivity contribution in [3.8, 4) is 11.5 Å². The molecule has 2 N–H and O–H groups in total. The highest BCUT2D eigenvalue weighted by atomic mass is 16.6. The van der Waals surface area contributed by atoms with E-state index in [1.807, 2.05) is 84.9 Å². The monoisotopic (exact) mass is 374 g/mol. The van der Waals surface area contributed by atoms with Gasteiger partial charge in [-0.05, 0) is 29.8 Å². The van der Waals surface area contributed by atoms with Gasteiger partial charge in [-0.15, -0.1) is 0 Å². The summed E-state index contributed by atoms with van der Waals surface area (Å²) in [6.45, 7) is 0.919. The van der Waals surface area contributed by atoms with E-state index in [0.717, 1.165) is 22.7 Å². The fourth-order valence-corrected chi connectivity index (χ4v) is 3.16. The summed E-state index contributed by atoms with van der Waals surface area (Å²) in [7, 11) is 0. The van der Waals surface area contributed by atoms with Crippen LogP contribution in [0.25, 0.3) is 0 Å². The van der Waals surface area contributed by atoms with Crippen LogP contribution in [0.2, 0.25) is 0 Å². The molecule has 142 valence electrons. The van der Waals surface area contributed by atoms with Crippen molar-refractivity contribution in [3.05, 3.63) is 90.5 Å². The number of nitrogens with one attached hydrogen (secondary N) is 2. The molecule has 5 heteroatoms. The molecule has 1 aliphatic rings. The van der Waals surface area contributed by atoms with E-state index in [1.54, 1.807) is 0 Å². The van der Waals surface area contributed by atoms with Gasteiger partial charge in [0, 0.05) is 12.2 Å². The smallest absolute Gasteiger partial charge is 0.246 e. The maximum atomic E-state index is 12.9. The van der Waals surface area contributed by atoms with Gasteiger partial charge in [0.15, 0.2) is 11.5 Å². The number of para-hydroxylation sites is 3. The predicted molar refractivity (Wildman–Crippen MR) is 109 cm³/mol. The van der Waals surface area contributed by atoms with Gasteiger partial charge in [-0.1, -0.05) is 60.7 Å². The molecule has 0 aliphatic carbocycles. The lowest BCUT2D eigenvalue weighted by atomic mass is 10.1. The first-order valence-electron chi connectivity index (χ1n) is 9.32. The van der Waals surface area contributed by atoms with Crippen LogP contribution in [0, 0.1) is 0 Å². The number of fused-ring (bicyclic) bond motifs is 1. The molecule has 0 bridgehead atoms. The minimum absolute atomic E-state index is 0.116. The van der Waals surface area contributed by atoms with Gasteiger partial charge < -0.3 is 14.8 Å². The Kier molecular flexibility index (Phi) is 5.54. The van der Waals surface area contributed by atoms with Gasteiger partial charge in [-0.25, -0.2) is 0 Å². The summed E-state index contributed by atoms with van der Waals surface area (Å²) in [6.07, 6.45) is -0.175. The van der Waals surface area contributed by atoms with E-state index >= 15 is 0 Å². The number of amides is 1. The number of carbonyl (C=O) groups is 1. The van der Waals surface area contributed by atoms with Crippen molar-refractivity contribution < 1.29 is 14.3 Å². The molecule has 2 atom stereocenters. The minimum atomic E-state index is -0.498. The molecule has 1 heterocycles. The van der Waals surface area contributed by atoms with E-state index in [-0.39, 0.29) is 12.0 Å². The van der Waals surface area contributed by atoms with Crippen molar-refractivity contribution in [3.63, 3.8) is 0 Å². The molecule has 0 spiro atoms. The summed E-state index contributed by atoms with van der Waals surface area (Å²) >= 11 is 0. The Balaban J connectivity index is 1.45. The average Bonchev–Trinajstić information content (AvgIpc) is 2.75. The van der Waals surface area contributed by atoms with Gasteiger partial charge in [0.05, 0.1) is 0 Å². The number of carbonyl (C=O) groups excluding carboxylic acids is 1. The molecule has 3 aromatic carbocycles. The number of anilines is 1. The molecule has 3 aromatic rings. The molecule has 28 heavy (non-hydrogen) atoms. The molecule has 0 fully saturated rings. The highest BCUT2D eigenvalue weighted by molar-refractivity contribution is 5.95. The van der Waals surface area contributed by atoms with Gasteiger partial charge in [-0.3, -0.25) is 10.1 Å². The van der Waals surface area contributed by atoms with Crippen molar-refractivity contribution in [1.82, 2.24) is 5.32 Å². The summed E-state index contributed by atoms with van der Waals surface area (Å²) in [5, 5.41) is 6.31. The highest BCUT2D eigenvalue weighted by Gasteiger charge is 2.25. The first-order chi connectivity index (χ1) is 13.8. The van der Waals surface area contributed by atoms with Crippen molar-refractivity contribution >= 4 is 11.6 Å². The molecule has 4 rings (SSSR count). The second kappa shape index (κ2) is 8.59. The number of ether oxygens (including phenoxy) is 2. The third-order valence-electron chi connectivity index (χ3n) is 4.55. The Morgan fingerprint density at radius 1 is 0.893 bits per heavy atom. The first kappa shape index (κ1) is 18.1. The van der Waals surface area contributed by atoms with Crippen molar-refractivity contribution in [2.75, 3.05) is 18.5 Å². The largest absolute Gasteiger partial charge is 0.486 e. The number of hydrogen-bond acceptors (Lipinski definition) is 4. The van der Waals surface area contributed by atoms with Crippen molar-refractivity contribution in [2.45, 2.75) is 12.1 Å². The third kappa shape index (κ3) is 4.32. The van der Waals surface area contributed by atoms with Crippen LogP contribution >= 0.6 is 0 Å². The second-order valence-electron chi connectivity index (χ2n) is 6.60. The number of rotatable bonds is 6. The molecule has 5 nitrogen and oxygen atoms in total. The van der Waals surface area contributed by atoms with Gasteiger partial charge >= 0.3 is 0 Å². The summed E-state index contributed by atoms with van der Waals surface area (Å²) in [4.78, 5) is 12.9. The fraction of sp³-hybridized carbons (Fsp3) is 0.174. The van der Waals surface area contributed by atoms with Crippen molar-refractivity contribution in [2.24, 2.45) is 0 Å². The molecule has 0 radical (unpaired) electrons. The lowest BCUT2D eigenvalue weighted by Gasteiger charge is -2.28. The molecule has 0 saturated carbocycles. The Morgan fingerprint density at radius 3 is 2.29 bits per heavy atom. The Bertz CT molecular complexity index is 915. The zero-order valence-corrected chi connectivity index (χ0v) is 15.4. The van der Waals surface area contributed by atoms with Crippen LogP contribution in [0.3, 0.4) is 0 Å². The van der Waals surface area contributed by atoms with E-state index in [4.69, 9.17) is 9.47 Å². The highest BCUT2D eigenvalue weighted by Crippen LogP contribution is 2.30. The van der Waals surface area contributed by atoms with Crippen LogP contribution < -0.4 is 20.1 Å². The summed E-state index contributed by atoms with van der Waals surface area (Å²) < 4.78 is 11.8. The normalized spacial score (nSPS) is 16.2. The van der Waals surface area contributed by atoms with Crippen LogP contribution in [-0.2, 0) is 4.79 Å². The summed E-state index contributed by atoms with van der Waals surface area (Å²) in [5.41, 5.74) is 1.66. The lowest BCUT2D eigenvalue weighted by Crippen LogP contribution is -2.42. The van der Waals surface area contributed by atoms with E-state index in [9.17, 15) is 4.79 Å². The number of benzene rings is 3. The van der Waals surface area contributed by atoms with E-state index in [0.29, 0.717) is 13.2 Å². The van der Waals surface area contributed by atoms with Crippen LogP contribution in [0.4, 0.5) is 5.69 Å². The maximum Gasteiger partial charge on any atom is 0.246 e. The minimum Gasteiger partial charge on any atom is -0.486 e. The second-order valence-corrected chi connectivity index (χ2v) is 6.60. The Hall–Kier alpha value is -3.31. The molecule has 0 saturated heterocycles. The van der Waals surface area contributed by atoms with Crippen LogP contribution in [-0.4, -0.2) is 25.2 Å². The Morgan fingerprint density at radius 2 is 1.54 bits per heavy atom. The quantitative estimate of drug-likeness (QED) is 0.689. The van der Waals surface area contributed by atoms with Crippen LogP contribution in [0.1, 0.15) is 11.6 Å². The molecule has 0 unspecified atom stereocenters. The van der Waals surface area contributed by atoms with Gasteiger partial charge in [0.25, 0.3) is 0 Å². The standard InChI is InChI=1S/C23H22N2O3/c26-23(25-18-11-5-2-6-12-18)22(17-9-3-1-4-10-17)24-15-19-16-27-20-13-7-8-14-21(20)28-19/h1-14,19,22,24H,15-16H2,(H,25,26)/t19-,22-/m1/s1. The third-order valence-corrected chi connectivity index (χ3v) is 4.55. The molecule has 0 aromatic heterocycles.